The van der Waals surface area contributed by atoms with Crippen LogP contribution in [0.3, 0.4) is 0 Å². The predicted octanol–water partition coefficient (Wildman–Crippen LogP) is 3.69. The molecule has 0 aliphatic rings. The molecule has 10 heteroatoms. The molecule has 0 aromatic heterocycles. The van der Waals surface area contributed by atoms with Gasteiger partial charge in [0.2, 0.25) is 15.9 Å². The van der Waals surface area contributed by atoms with Gasteiger partial charge >= 0.3 is 0 Å². The van der Waals surface area contributed by atoms with Gasteiger partial charge in [0.15, 0.2) is 0 Å². The zero-order valence-electron chi connectivity index (χ0n) is 16.7. The van der Waals surface area contributed by atoms with Crippen LogP contribution < -0.4 is 14.4 Å². The molecule has 0 fully saturated rings. The first-order valence-corrected chi connectivity index (χ1v) is 12.5. The molecule has 2 rings (SSSR count). The molecule has 0 spiro atoms. The molecule has 0 unspecified atom stereocenters. The largest absolute Gasteiger partial charge is 0.495 e. The van der Waals surface area contributed by atoms with Gasteiger partial charge in [0, 0.05) is 12.3 Å². The van der Waals surface area contributed by atoms with Crippen LogP contribution in [-0.2, 0) is 20.6 Å². The molecule has 6 nitrogen and oxygen atoms in total. The van der Waals surface area contributed by atoms with Crippen molar-refractivity contribution in [3.8, 4) is 5.75 Å². The summed E-state index contributed by atoms with van der Waals surface area (Å²) < 4.78 is 43.2. The van der Waals surface area contributed by atoms with Crippen LogP contribution in [0.2, 0.25) is 5.02 Å². The lowest BCUT2D eigenvalue weighted by Gasteiger charge is -2.22. The van der Waals surface area contributed by atoms with Gasteiger partial charge in [-0.2, -0.15) is 11.8 Å². The Bertz CT molecular complexity index is 956. The number of thioether (sulfide) groups is 1. The highest BCUT2D eigenvalue weighted by Gasteiger charge is 2.21. The number of sulfonamides is 1. The van der Waals surface area contributed by atoms with E-state index in [4.69, 9.17) is 16.3 Å². The number of benzene rings is 2. The molecule has 2 aromatic carbocycles. The van der Waals surface area contributed by atoms with Gasteiger partial charge in [-0.1, -0.05) is 23.7 Å². The number of anilines is 1. The highest BCUT2D eigenvalue weighted by molar-refractivity contribution is 7.98. The van der Waals surface area contributed by atoms with Gasteiger partial charge in [-0.25, -0.2) is 12.8 Å². The Morgan fingerprint density at radius 3 is 2.53 bits per heavy atom. The number of nitrogens with one attached hydrogen (secondary N) is 1. The monoisotopic (exact) mass is 474 g/mol. The van der Waals surface area contributed by atoms with E-state index in [9.17, 15) is 17.6 Å². The summed E-state index contributed by atoms with van der Waals surface area (Å²) in [4.78, 5) is 12.3. The molecular formula is C20H24ClFN2O4S2. The van der Waals surface area contributed by atoms with Crippen LogP contribution in [0.25, 0.3) is 0 Å². The Labute approximate surface area is 185 Å². The topological polar surface area (TPSA) is 75.7 Å². The van der Waals surface area contributed by atoms with Crippen molar-refractivity contribution in [2.24, 2.45) is 0 Å². The molecule has 0 aliphatic carbocycles. The molecule has 0 aliphatic heterocycles. The smallest absolute Gasteiger partial charge is 0.240 e. The third-order valence-electron chi connectivity index (χ3n) is 4.08. The second kappa shape index (κ2) is 11.4. The highest BCUT2D eigenvalue weighted by atomic mass is 35.5. The maximum Gasteiger partial charge on any atom is 0.240 e. The average molecular weight is 475 g/mol. The van der Waals surface area contributed by atoms with E-state index in [1.807, 2.05) is 0 Å². The molecular weight excluding hydrogens is 451 g/mol. The highest BCUT2D eigenvalue weighted by Crippen LogP contribution is 2.30. The summed E-state index contributed by atoms with van der Waals surface area (Å²) in [6.07, 6.45) is 1.76. The zero-order chi connectivity index (χ0) is 22.1. The van der Waals surface area contributed by atoms with Gasteiger partial charge in [-0.05, 0) is 48.1 Å². The number of nitrogens with zero attached hydrogens (tertiary/aromatic N) is 1. The first-order valence-electron chi connectivity index (χ1n) is 9.11. The quantitative estimate of drug-likeness (QED) is 0.503. The third-order valence-corrected chi connectivity index (χ3v) is 6.63. The van der Waals surface area contributed by atoms with E-state index in [1.165, 1.54) is 31.4 Å². The Hall–Kier alpha value is -1.97. The van der Waals surface area contributed by atoms with E-state index in [0.717, 1.165) is 34.1 Å². The van der Waals surface area contributed by atoms with Crippen molar-refractivity contribution in [2.45, 2.75) is 12.2 Å². The Kier molecular flexibility index (Phi) is 9.26. The predicted molar refractivity (Wildman–Crippen MR) is 120 cm³/mol. The van der Waals surface area contributed by atoms with Crippen molar-refractivity contribution in [2.75, 3.05) is 36.5 Å². The molecule has 164 valence electrons. The third kappa shape index (κ3) is 7.70. The average Bonchev–Trinajstić information content (AvgIpc) is 2.69. The van der Waals surface area contributed by atoms with Crippen molar-refractivity contribution in [1.82, 2.24) is 5.32 Å². The second-order valence-corrected chi connectivity index (χ2v) is 9.89. The standard InChI is InChI=1S/C20H24ClFN2O4S2/c1-28-19-9-8-17(12-18(19)21)24(30(2,26)27)13-20(25)23-10-3-11-29-14-15-4-6-16(22)7-5-15/h4-9,12H,3,10-11,13-14H2,1-2H3,(H,23,25). The van der Waals surface area contributed by atoms with E-state index in [-0.39, 0.29) is 23.1 Å². The first-order chi connectivity index (χ1) is 14.2. The molecule has 0 bridgehead atoms. The van der Waals surface area contributed by atoms with Crippen molar-refractivity contribution < 1.29 is 22.3 Å². The van der Waals surface area contributed by atoms with Crippen LogP contribution in [0.4, 0.5) is 10.1 Å². The van der Waals surface area contributed by atoms with E-state index in [0.29, 0.717) is 12.3 Å². The molecule has 0 saturated carbocycles. The summed E-state index contributed by atoms with van der Waals surface area (Å²) in [5.74, 6) is 1.31. The number of rotatable bonds is 11. The molecule has 0 saturated heterocycles. The van der Waals surface area contributed by atoms with Gasteiger partial charge in [0.25, 0.3) is 0 Å². The van der Waals surface area contributed by atoms with E-state index >= 15 is 0 Å². The van der Waals surface area contributed by atoms with Gasteiger partial charge in [-0.3, -0.25) is 9.10 Å². The maximum atomic E-state index is 12.9. The van der Waals surface area contributed by atoms with Crippen LogP contribution in [0.5, 0.6) is 5.75 Å². The number of ether oxygens (including phenoxy) is 1. The maximum absolute atomic E-state index is 12.9. The minimum Gasteiger partial charge on any atom is -0.495 e. The fourth-order valence-corrected chi connectivity index (χ4v) is 4.59. The first kappa shape index (κ1) is 24.3. The fraction of sp³-hybridized carbons (Fsp3) is 0.350. The lowest BCUT2D eigenvalue weighted by Crippen LogP contribution is -2.40. The number of halogens is 2. The van der Waals surface area contributed by atoms with Crippen molar-refractivity contribution in [1.29, 1.82) is 0 Å². The number of hydrogen-bond acceptors (Lipinski definition) is 5. The molecule has 0 atom stereocenters. The second-order valence-electron chi connectivity index (χ2n) is 6.47. The lowest BCUT2D eigenvalue weighted by atomic mass is 10.2. The summed E-state index contributed by atoms with van der Waals surface area (Å²) in [5.41, 5.74) is 1.32. The van der Waals surface area contributed by atoms with Crippen LogP contribution in [0.15, 0.2) is 42.5 Å². The lowest BCUT2D eigenvalue weighted by molar-refractivity contribution is -0.119. The number of carbonyl (C=O) groups excluding carboxylic acids is 1. The number of methoxy groups -OCH3 is 1. The van der Waals surface area contributed by atoms with Crippen molar-refractivity contribution >= 4 is 45.0 Å². The minimum absolute atomic E-state index is 0.252. The SMILES string of the molecule is COc1ccc(N(CC(=O)NCCCSCc2ccc(F)cc2)S(C)(=O)=O)cc1Cl. The Morgan fingerprint density at radius 1 is 1.23 bits per heavy atom. The normalized spacial score (nSPS) is 11.2. The molecule has 0 heterocycles. The van der Waals surface area contributed by atoms with Gasteiger partial charge in [0.05, 0.1) is 24.1 Å². The summed E-state index contributed by atoms with van der Waals surface area (Å²) >= 11 is 7.75. The molecule has 2 aromatic rings. The van der Waals surface area contributed by atoms with Gasteiger partial charge in [0.1, 0.15) is 18.1 Å². The summed E-state index contributed by atoms with van der Waals surface area (Å²) in [6.45, 7) is 0.0838. The number of carbonyl (C=O) groups is 1. The van der Waals surface area contributed by atoms with Gasteiger partial charge < -0.3 is 10.1 Å². The van der Waals surface area contributed by atoms with Crippen molar-refractivity contribution in [3.05, 3.63) is 58.9 Å². The molecule has 1 amide bonds. The fourth-order valence-electron chi connectivity index (χ4n) is 2.57. The molecule has 0 radical (unpaired) electrons. The van der Waals surface area contributed by atoms with Crippen LogP contribution in [0.1, 0.15) is 12.0 Å². The molecule has 30 heavy (non-hydrogen) atoms. The van der Waals surface area contributed by atoms with Crippen molar-refractivity contribution in [3.63, 3.8) is 0 Å². The summed E-state index contributed by atoms with van der Waals surface area (Å²) in [6, 6.07) is 10.9. The Morgan fingerprint density at radius 2 is 1.93 bits per heavy atom. The molecule has 1 N–H and O–H groups in total. The van der Waals surface area contributed by atoms with Crippen LogP contribution >= 0.6 is 23.4 Å². The summed E-state index contributed by atoms with van der Waals surface area (Å²) in [5, 5.41) is 2.98. The van der Waals surface area contributed by atoms with E-state index in [2.05, 4.69) is 5.32 Å². The van der Waals surface area contributed by atoms with Crippen LogP contribution in [0, 0.1) is 5.82 Å². The van der Waals surface area contributed by atoms with E-state index < -0.39 is 15.9 Å². The number of amides is 1. The Balaban J connectivity index is 1.80. The zero-order valence-corrected chi connectivity index (χ0v) is 19.1. The van der Waals surface area contributed by atoms with Crippen LogP contribution in [-0.4, -0.2) is 46.5 Å². The minimum atomic E-state index is -3.68. The van der Waals surface area contributed by atoms with Gasteiger partial charge in [-0.15, -0.1) is 0 Å². The number of hydrogen-bond donors (Lipinski definition) is 1. The summed E-state index contributed by atoms with van der Waals surface area (Å²) in [7, 11) is -2.22. The van der Waals surface area contributed by atoms with E-state index in [1.54, 1.807) is 30.0 Å².